The van der Waals surface area contributed by atoms with Crippen molar-refractivity contribution < 1.29 is 9.15 Å². The van der Waals surface area contributed by atoms with Crippen molar-refractivity contribution in [1.82, 2.24) is 10.2 Å². The van der Waals surface area contributed by atoms with Crippen LogP contribution in [0.1, 0.15) is 31.4 Å². The molecule has 1 N–H and O–H groups in total. The molecule has 1 heterocycles. The summed E-state index contributed by atoms with van der Waals surface area (Å²) in [6, 6.07) is 5.94. The van der Waals surface area contributed by atoms with Gasteiger partial charge in [0.25, 0.3) is 0 Å². The molecule has 0 radical (unpaired) electrons. The number of hydrogen-bond acceptors (Lipinski definition) is 4. The van der Waals surface area contributed by atoms with Gasteiger partial charge in [0.2, 0.25) is 0 Å². The number of hydrogen-bond donors (Lipinski definition) is 1. The zero-order valence-corrected chi connectivity index (χ0v) is 11.7. The van der Waals surface area contributed by atoms with Gasteiger partial charge in [0.05, 0.1) is 19.4 Å². The SMILES string of the molecule is COCC(CNC1CC1)N(Cc1ccco1)C1CC1. The van der Waals surface area contributed by atoms with Gasteiger partial charge < -0.3 is 14.5 Å². The monoisotopic (exact) mass is 264 g/mol. The summed E-state index contributed by atoms with van der Waals surface area (Å²) in [5.74, 6) is 1.06. The van der Waals surface area contributed by atoms with Gasteiger partial charge in [-0.1, -0.05) is 0 Å². The second kappa shape index (κ2) is 6.07. The summed E-state index contributed by atoms with van der Waals surface area (Å²) in [5, 5.41) is 3.63. The maximum absolute atomic E-state index is 5.51. The van der Waals surface area contributed by atoms with Crippen LogP contribution in [0.3, 0.4) is 0 Å². The van der Waals surface area contributed by atoms with Crippen molar-refractivity contribution in [3.63, 3.8) is 0 Å². The van der Waals surface area contributed by atoms with E-state index >= 15 is 0 Å². The molecule has 1 atom stereocenters. The van der Waals surface area contributed by atoms with Gasteiger partial charge in [0.15, 0.2) is 0 Å². The summed E-state index contributed by atoms with van der Waals surface area (Å²) in [7, 11) is 1.79. The second-order valence-electron chi connectivity index (χ2n) is 5.77. The predicted octanol–water partition coefficient (Wildman–Crippen LogP) is 2.01. The van der Waals surface area contributed by atoms with E-state index in [2.05, 4.69) is 16.3 Å². The number of rotatable bonds is 9. The first-order valence-electron chi connectivity index (χ1n) is 7.37. The van der Waals surface area contributed by atoms with Crippen LogP contribution in [0, 0.1) is 0 Å². The number of ether oxygens (including phenoxy) is 1. The topological polar surface area (TPSA) is 37.6 Å². The minimum atomic E-state index is 0.447. The molecule has 0 saturated heterocycles. The van der Waals surface area contributed by atoms with Gasteiger partial charge in [-0.3, -0.25) is 4.90 Å². The van der Waals surface area contributed by atoms with Crippen LogP contribution in [0.25, 0.3) is 0 Å². The molecule has 4 heteroatoms. The molecule has 3 rings (SSSR count). The Kier molecular flexibility index (Phi) is 4.21. The van der Waals surface area contributed by atoms with Crippen LogP contribution in [0.5, 0.6) is 0 Å². The van der Waals surface area contributed by atoms with Gasteiger partial charge in [-0.05, 0) is 37.8 Å². The van der Waals surface area contributed by atoms with E-state index in [4.69, 9.17) is 9.15 Å². The Bertz CT molecular complexity index is 372. The molecular formula is C15H24N2O2. The molecule has 0 amide bonds. The molecule has 2 fully saturated rings. The van der Waals surface area contributed by atoms with Crippen molar-refractivity contribution in [2.45, 2.75) is 50.4 Å². The molecule has 4 nitrogen and oxygen atoms in total. The minimum absolute atomic E-state index is 0.447. The lowest BCUT2D eigenvalue weighted by molar-refractivity contribution is 0.0740. The van der Waals surface area contributed by atoms with E-state index in [0.29, 0.717) is 12.1 Å². The Morgan fingerprint density at radius 2 is 2.26 bits per heavy atom. The van der Waals surface area contributed by atoms with Gasteiger partial charge >= 0.3 is 0 Å². The molecule has 0 bridgehead atoms. The highest BCUT2D eigenvalue weighted by Gasteiger charge is 2.35. The van der Waals surface area contributed by atoms with Crippen molar-refractivity contribution in [3.05, 3.63) is 24.2 Å². The Hall–Kier alpha value is -0.840. The molecule has 2 aliphatic rings. The smallest absolute Gasteiger partial charge is 0.117 e. The van der Waals surface area contributed by atoms with Crippen molar-refractivity contribution >= 4 is 0 Å². The molecule has 0 aliphatic heterocycles. The fourth-order valence-electron chi connectivity index (χ4n) is 2.60. The van der Waals surface area contributed by atoms with Gasteiger partial charge in [0.1, 0.15) is 5.76 Å². The van der Waals surface area contributed by atoms with E-state index in [-0.39, 0.29) is 0 Å². The van der Waals surface area contributed by atoms with Gasteiger partial charge in [-0.2, -0.15) is 0 Å². The fraction of sp³-hybridized carbons (Fsp3) is 0.733. The normalized spacial score (nSPS) is 20.9. The first kappa shape index (κ1) is 13.2. The number of nitrogens with one attached hydrogen (secondary N) is 1. The first-order chi connectivity index (χ1) is 9.36. The standard InChI is InChI=1S/C15H24N2O2/c1-18-11-14(9-16-12-4-5-12)17(13-6-7-13)10-15-3-2-8-19-15/h2-3,8,12-14,16H,4-7,9-11H2,1H3. The Labute approximate surface area is 115 Å². The third kappa shape index (κ3) is 3.81. The number of methoxy groups -OCH3 is 1. The van der Waals surface area contributed by atoms with Crippen LogP contribution >= 0.6 is 0 Å². The lowest BCUT2D eigenvalue weighted by atomic mass is 10.2. The van der Waals surface area contributed by atoms with Crippen LogP contribution in [-0.2, 0) is 11.3 Å². The van der Waals surface area contributed by atoms with Crippen LogP contribution in [0.15, 0.2) is 22.8 Å². The fourth-order valence-corrected chi connectivity index (χ4v) is 2.60. The average molecular weight is 264 g/mol. The van der Waals surface area contributed by atoms with Crippen LogP contribution in [0.4, 0.5) is 0 Å². The second-order valence-corrected chi connectivity index (χ2v) is 5.77. The largest absolute Gasteiger partial charge is 0.468 e. The van der Waals surface area contributed by atoms with Crippen molar-refractivity contribution in [2.75, 3.05) is 20.3 Å². The van der Waals surface area contributed by atoms with Crippen LogP contribution in [-0.4, -0.2) is 43.3 Å². The molecule has 2 aliphatic carbocycles. The lowest BCUT2D eigenvalue weighted by Gasteiger charge is -2.31. The van der Waals surface area contributed by atoms with Crippen molar-refractivity contribution in [3.8, 4) is 0 Å². The molecule has 0 spiro atoms. The lowest BCUT2D eigenvalue weighted by Crippen LogP contribution is -2.46. The Morgan fingerprint density at radius 1 is 1.42 bits per heavy atom. The van der Waals surface area contributed by atoms with Crippen molar-refractivity contribution in [1.29, 1.82) is 0 Å². The van der Waals surface area contributed by atoms with Crippen molar-refractivity contribution in [2.24, 2.45) is 0 Å². The molecule has 2 saturated carbocycles. The number of nitrogens with zero attached hydrogens (tertiary/aromatic N) is 1. The average Bonchev–Trinajstić information content (AvgIpc) is 3.33. The Morgan fingerprint density at radius 3 is 2.84 bits per heavy atom. The van der Waals surface area contributed by atoms with Crippen LogP contribution in [0.2, 0.25) is 0 Å². The minimum Gasteiger partial charge on any atom is -0.468 e. The molecule has 1 aromatic heterocycles. The van der Waals surface area contributed by atoms with E-state index in [1.807, 2.05) is 6.07 Å². The third-order valence-electron chi connectivity index (χ3n) is 3.98. The van der Waals surface area contributed by atoms with E-state index < -0.39 is 0 Å². The maximum Gasteiger partial charge on any atom is 0.117 e. The van der Waals surface area contributed by atoms with Crippen LogP contribution < -0.4 is 5.32 Å². The summed E-state index contributed by atoms with van der Waals surface area (Å²) in [4.78, 5) is 2.55. The zero-order chi connectivity index (χ0) is 13.1. The quantitative estimate of drug-likeness (QED) is 0.740. The first-order valence-corrected chi connectivity index (χ1v) is 7.37. The highest BCUT2D eigenvalue weighted by atomic mass is 16.5. The molecule has 106 valence electrons. The summed E-state index contributed by atoms with van der Waals surface area (Å²) < 4.78 is 10.9. The molecule has 0 aromatic carbocycles. The summed E-state index contributed by atoms with van der Waals surface area (Å²) in [6.07, 6.45) is 7.05. The van der Waals surface area contributed by atoms with Gasteiger partial charge in [0, 0.05) is 31.8 Å². The van der Waals surface area contributed by atoms with E-state index in [1.54, 1.807) is 13.4 Å². The van der Waals surface area contributed by atoms with E-state index in [0.717, 1.165) is 31.5 Å². The van der Waals surface area contributed by atoms with E-state index in [9.17, 15) is 0 Å². The molecule has 1 unspecified atom stereocenters. The molecule has 19 heavy (non-hydrogen) atoms. The van der Waals surface area contributed by atoms with E-state index in [1.165, 1.54) is 25.7 Å². The highest BCUT2D eigenvalue weighted by molar-refractivity contribution is 5.01. The highest BCUT2D eigenvalue weighted by Crippen LogP contribution is 2.30. The summed E-state index contributed by atoms with van der Waals surface area (Å²) >= 11 is 0. The summed E-state index contributed by atoms with van der Waals surface area (Å²) in [6.45, 7) is 2.71. The maximum atomic E-state index is 5.51. The predicted molar refractivity (Wildman–Crippen MR) is 74.0 cm³/mol. The number of furan rings is 1. The van der Waals surface area contributed by atoms with Gasteiger partial charge in [-0.25, -0.2) is 0 Å². The Balaban J connectivity index is 1.60. The third-order valence-corrected chi connectivity index (χ3v) is 3.98. The molecular weight excluding hydrogens is 240 g/mol. The zero-order valence-electron chi connectivity index (χ0n) is 11.7. The summed E-state index contributed by atoms with van der Waals surface area (Å²) in [5.41, 5.74) is 0. The van der Waals surface area contributed by atoms with Gasteiger partial charge in [-0.15, -0.1) is 0 Å². The molecule has 1 aromatic rings.